The predicted octanol–water partition coefficient (Wildman–Crippen LogP) is 1.76. The van der Waals surface area contributed by atoms with Crippen molar-refractivity contribution in [1.82, 2.24) is 5.32 Å². The molecular weight excluding hydrogens is 208 g/mol. The van der Waals surface area contributed by atoms with Gasteiger partial charge in [0.15, 0.2) is 0 Å². The minimum absolute atomic E-state index is 0.156. The van der Waals surface area contributed by atoms with Crippen molar-refractivity contribution < 1.29 is 4.79 Å². The number of carbonyl (C=O) groups excluding carboxylic acids is 1. The Morgan fingerprint density at radius 2 is 2.07 bits per heavy atom. The highest BCUT2D eigenvalue weighted by Crippen LogP contribution is 2.08. The van der Waals surface area contributed by atoms with Crippen molar-refractivity contribution in [2.45, 2.75) is 50.8 Å². The second kappa shape index (κ2) is 9.04. The Morgan fingerprint density at radius 1 is 1.40 bits per heavy atom. The number of hydrogen-bond acceptors (Lipinski definition) is 3. The van der Waals surface area contributed by atoms with E-state index in [1.165, 1.54) is 0 Å². The van der Waals surface area contributed by atoms with Gasteiger partial charge in [-0.2, -0.15) is 11.8 Å². The van der Waals surface area contributed by atoms with Gasteiger partial charge in [-0.25, -0.2) is 0 Å². The van der Waals surface area contributed by atoms with E-state index in [-0.39, 0.29) is 11.9 Å². The molecule has 2 atom stereocenters. The van der Waals surface area contributed by atoms with Crippen LogP contribution < -0.4 is 11.1 Å². The highest BCUT2D eigenvalue weighted by molar-refractivity contribution is 7.99. The molecule has 3 N–H and O–H groups in total. The molecule has 0 radical (unpaired) electrons. The van der Waals surface area contributed by atoms with Crippen molar-refractivity contribution in [2.24, 2.45) is 5.73 Å². The van der Waals surface area contributed by atoms with Crippen molar-refractivity contribution in [3.8, 4) is 0 Å². The first-order valence-corrected chi connectivity index (χ1v) is 6.90. The van der Waals surface area contributed by atoms with Crippen LogP contribution in [0.15, 0.2) is 0 Å². The third kappa shape index (κ3) is 10.1. The summed E-state index contributed by atoms with van der Waals surface area (Å²) in [6.07, 6.45) is 5.56. The largest absolute Gasteiger partial charge is 0.356 e. The standard InChI is InChI=1S/C11H24N2OS/c1-9(12)5-4-6-11(14)13-8-7-10(2)15-3/h9-10H,4-8,12H2,1-3H3,(H,13,14). The van der Waals surface area contributed by atoms with E-state index in [4.69, 9.17) is 5.73 Å². The maximum absolute atomic E-state index is 11.3. The molecule has 90 valence electrons. The predicted molar refractivity (Wildman–Crippen MR) is 68.1 cm³/mol. The Labute approximate surface area is 97.6 Å². The quantitative estimate of drug-likeness (QED) is 0.670. The molecule has 0 aliphatic rings. The summed E-state index contributed by atoms with van der Waals surface area (Å²) >= 11 is 1.83. The summed E-state index contributed by atoms with van der Waals surface area (Å²) in [7, 11) is 0. The maximum atomic E-state index is 11.3. The Balaban J connectivity index is 3.33. The van der Waals surface area contributed by atoms with Crippen LogP contribution in [-0.4, -0.2) is 30.0 Å². The Kier molecular flexibility index (Phi) is 8.91. The summed E-state index contributed by atoms with van der Waals surface area (Å²) in [5, 5.41) is 3.55. The molecule has 0 fully saturated rings. The van der Waals surface area contributed by atoms with E-state index in [2.05, 4.69) is 18.5 Å². The Hall–Kier alpha value is -0.220. The molecular formula is C11H24N2OS. The smallest absolute Gasteiger partial charge is 0.219 e. The van der Waals surface area contributed by atoms with Crippen LogP contribution in [0.3, 0.4) is 0 Å². The summed E-state index contributed by atoms with van der Waals surface area (Å²) in [5.41, 5.74) is 5.60. The van der Waals surface area contributed by atoms with Crippen LogP contribution in [0.4, 0.5) is 0 Å². The SMILES string of the molecule is CSC(C)CCNC(=O)CCCC(C)N. The normalized spacial score (nSPS) is 14.7. The van der Waals surface area contributed by atoms with E-state index in [1.807, 2.05) is 18.7 Å². The van der Waals surface area contributed by atoms with Gasteiger partial charge in [0.2, 0.25) is 5.91 Å². The second-order valence-corrected chi connectivity index (χ2v) is 5.33. The van der Waals surface area contributed by atoms with Crippen LogP contribution in [0, 0.1) is 0 Å². The maximum Gasteiger partial charge on any atom is 0.219 e. The average molecular weight is 232 g/mol. The van der Waals surface area contributed by atoms with E-state index < -0.39 is 0 Å². The molecule has 0 aromatic heterocycles. The molecule has 0 saturated carbocycles. The van der Waals surface area contributed by atoms with Gasteiger partial charge in [-0.15, -0.1) is 0 Å². The zero-order valence-electron chi connectivity index (χ0n) is 10.1. The summed E-state index contributed by atoms with van der Waals surface area (Å²) in [5.74, 6) is 0.156. The molecule has 3 nitrogen and oxygen atoms in total. The monoisotopic (exact) mass is 232 g/mol. The fourth-order valence-corrected chi connectivity index (χ4v) is 1.56. The number of amides is 1. The number of carbonyl (C=O) groups is 1. The van der Waals surface area contributed by atoms with Gasteiger partial charge in [-0.05, 0) is 32.4 Å². The molecule has 0 aromatic rings. The summed E-state index contributed by atoms with van der Waals surface area (Å²) in [4.78, 5) is 11.3. The van der Waals surface area contributed by atoms with Gasteiger partial charge < -0.3 is 11.1 Å². The fraction of sp³-hybridized carbons (Fsp3) is 0.909. The van der Waals surface area contributed by atoms with E-state index in [9.17, 15) is 4.79 Å². The number of nitrogens with two attached hydrogens (primary N) is 1. The van der Waals surface area contributed by atoms with E-state index in [0.29, 0.717) is 11.7 Å². The van der Waals surface area contributed by atoms with Crippen LogP contribution in [0.5, 0.6) is 0 Å². The molecule has 0 bridgehead atoms. The van der Waals surface area contributed by atoms with E-state index in [0.717, 1.165) is 25.8 Å². The number of thioether (sulfide) groups is 1. The first-order valence-electron chi connectivity index (χ1n) is 5.61. The molecule has 0 aliphatic carbocycles. The van der Waals surface area contributed by atoms with Gasteiger partial charge in [0, 0.05) is 24.3 Å². The lowest BCUT2D eigenvalue weighted by molar-refractivity contribution is -0.121. The first-order chi connectivity index (χ1) is 7.06. The molecule has 15 heavy (non-hydrogen) atoms. The van der Waals surface area contributed by atoms with Crippen molar-refractivity contribution in [3.63, 3.8) is 0 Å². The third-order valence-corrected chi connectivity index (χ3v) is 3.38. The van der Waals surface area contributed by atoms with E-state index >= 15 is 0 Å². The minimum atomic E-state index is 0.156. The van der Waals surface area contributed by atoms with Crippen molar-refractivity contribution >= 4 is 17.7 Å². The second-order valence-electron chi connectivity index (χ2n) is 4.05. The van der Waals surface area contributed by atoms with E-state index in [1.54, 1.807) is 0 Å². The number of hydrogen-bond donors (Lipinski definition) is 2. The van der Waals surface area contributed by atoms with Gasteiger partial charge in [0.1, 0.15) is 0 Å². The molecule has 1 amide bonds. The lowest BCUT2D eigenvalue weighted by Gasteiger charge is -2.09. The zero-order chi connectivity index (χ0) is 11.7. The highest BCUT2D eigenvalue weighted by atomic mass is 32.2. The van der Waals surface area contributed by atoms with Gasteiger partial charge in [-0.1, -0.05) is 6.92 Å². The molecule has 0 spiro atoms. The van der Waals surface area contributed by atoms with Crippen molar-refractivity contribution in [3.05, 3.63) is 0 Å². The Bertz CT molecular complexity index is 174. The highest BCUT2D eigenvalue weighted by Gasteiger charge is 2.03. The van der Waals surface area contributed by atoms with Gasteiger partial charge in [0.25, 0.3) is 0 Å². The van der Waals surface area contributed by atoms with Crippen LogP contribution in [0.1, 0.15) is 39.5 Å². The molecule has 4 heteroatoms. The summed E-state index contributed by atoms with van der Waals surface area (Å²) < 4.78 is 0. The van der Waals surface area contributed by atoms with Crippen LogP contribution in [0.2, 0.25) is 0 Å². The lowest BCUT2D eigenvalue weighted by atomic mass is 10.1. The minimum Gasteiger partial charge on any atom is -0.356 e. The van der Waals surface area contributed by atoms with Crippen LogP contribution in [0.25, 0.3) is 0 Å². The molecule has 0 aromatic carbocycles. The molecule has 0 aliphatic heterocycles. The first kappa shape index (κ1) is 14.8. The number of rotatable bonds is 8. The Morgan fingerprint density at radius 3 is 2.60 bits per heavy atom. The third-order valence-electron chi connectivity index (χ3n) is 2.34. The van der Waals surface area contributed by atoms with Crippen molar-refractivity contribution in [1.29, 1.82) is 0 Å². The van der Waals surface area contributed by atoms with Gasteiger partial charge in [-0.3, -0.25) is 4.79 Å². The molecule has 0 rings (SSSR count). The number of nitrogens with one attached hydrogen (secondary N) is 1. The van der Waals surface area contributed by atoms with Crippen LogP contribution >= 0.6 is 11.8 Å². The van der Waals surface area contributed by atoms with Crippen LogP contribution in [-0.2, 0) is 4.79 Å². The molecule has 2 unspecified atom stereocenters. The van der Waals surface area contributed by atoms with Gasteiger partial charge in [0.05, 0.1) is 0 Å². The fourth-order valence-electron chi connectivity index (χ4n) is 1.21. The zero-order valence-corrected chi connectivity index (χ0v) is 10.9. The van der Waals surface area contributed by atoms with Gasteiger partial charge >= 0.3 is 0 Å². The molecule has 0 heterocycles. The van der Waals surface area contributed by atoms with Crippen molar-refractivity contribution in [2.75, 3.05) is 12.8 Å². The topological polar surface area (TPSA) is 55.1 Å². The average Bonchev–Trinajstić information content (AvgIpc) is 2.17. The lowest BCUT2D eigenvalue weighted by Crippen LogP contribution is -2.26. The summed E-state index contributed by atoms with van der Waals surface area (Å²) in [6, 6.07) is 0.203. The summed E-state index contributed by atoms with van der Waals surface area (Å²) in [6.45, 7) is 4.93. The molecule has 0 saturated heterocycles.